The minimum atomic E-state index is -2.72. The summed E-state index contributed by atoms with van der Waals surface area (Å²) in [6.07, 6.45) is -2.72. The van der Waals surface area contributed by atoms with Crippen LogP contribution in [0.5, 0.6) is 5.75 Å². The van der Waals surface area contributed by atoms with Crippen LogP contribution >= 0.6 is 15.9 Å². The minimum absolute atomic E-state index is 0.0194. The molecule has 1 aromatic heterocycles. The van der Waals surface area contributed by atoms with Gasteiger partial charge in [-0.15, -0.1) is 0 Å². The predicted molar refractivity (Wildman–Crippen MR) is 49.4 cm³/mol. The van der Waals surface area contributed by atoms with Crippen LogP contribution < -0.4 is 4.74 Å². The molecule has 0 spiro atoms. The third-order valence-electron chi connectivity index (χ3n) is 1.66. The van der Waals surface area contributed by atoms with E-state index >= 15 is 0 Å². The molecule has 0 saturated heterocycles. The first-order valence-electron chi connectivity index (χ1n) is 3.72. The summed E-state index contributed by atoms with van der Waals surface area (Å²) in [5.74, 6) is 0.0194. The van der Waals surface area contributed by atoms with Crippen LogP contribution in [0.2, 0.25) is 0 Å². The van der Waals surface area contributed by atoms with Crippen LogP contribution in [-0.2, 0) is 6.61 Å². The summed E-state index contributed by atoms with van der Waals surface area (Å²) in [4.78, 5) is 3.73. The quantitative estimate of drug-likeness (QED) is 0.855. The number of rotatable bonds is 3. The number of hydrogen-bond donors (Lipinski definition) is 1. The smallest absolute Gasteiger partial charge is 0.269 e. The van der Waals surface area contributed by atoms with Gasteiger partial charge in [0.25, 0.3) is 6.43 Å². The number of nitrogens with zero attached hydrogens (tertiary/aromatic N) is 1. The number of aliphatic hydroxyl groups is 1. The van der Waals surface area contributed by atoms with Crippen molar-refractivity contribution in [3.05, 3.63) is 21.9 Å². The number of pyridine rings is 1. The molecule has 0 bridgehead atoms. The standard InChI is InChI=1S/C8H8BrF2NO2/c1-14-5-2-6(9)12-4(3-13)7(5)8(10)11/h2,8,13H,3H2,1H3. The highest BCUT2D eigenvalue weighted by atomic mass is 79.9. The Morgan fingerprint density at radius 3 is 2.71 bits per heavy atom. The second-order valence-electron chi connectivity index (χ2n) is 2.47. The maximum absolute atomic E-state index is 12.5. The van der Waals surface area contributed by atoms with E-state index in [1.165, 1.54) is 13.2 Å². The molecule has 0 fully saturated rings. The van der Waals surface area contributed by atoms with Gasteiger partial charge in [-0.2, -0.15) is 0 Å². The fourth-order valence-corrected chi connectivity index (χ4v) is 1.49. The van der Waals surface area contributed by atoms with Crippen LogP contribution in [0.3, 0.4) is 0 Å². The van der Waals surface area contributed by atoms with Crippen LogP contribution in [0.1, 0.15) is 17.7 Å². The van der Waals surface area contributed by atoms with Gasteiger partial charge in [-0.25, -0.2) is 13.8 Å². The Balaban J connectivity index is 3.33. The number of aromatic nitrogens is 1. The van der Waals surface area contributed by atoms with Gasteiger partial charge in [-0.3, -0.25) is 0 Å². The Labute approximate surface area is 87.9 Å². The summed E-state index contributed by atoms with van der Waals surface area (Å²) in [7, 11) is 1.29. The first-order chi connectivity index (χ1) is 6.60. The third-order valence-corrected chi connectivity index (χ3v) is 2.06. The average molecular weight is 268 g/mol. The van der Waals surface area contributed by atoms with E-state index in [2.05, 4.69) is 20.9 Å². The maximum atomic E-state index is 12.5. The number of alkyl halides is 2. The zero-order valence-corrected chi connectivity index (χ0v) is 8.88. The molecule has 0 aliphatic heterocycles. The van der Waals surface area contributed by atoms with Crippen LogP contribution in [0, 0.1) is 0 Å². The molecule has 0 aliphatic rings. The fraction of sp³-hybridized carbons (Fsp3) is 0.375. The third kappa shape index (κ3) is 2.19. The lowest BCUT2D eigenvalue weighted by molar-refractivity contribution is 0.141. The average Bonchev–Trinajstić information content (AvgIpc) is 2.15. The molecule has 0 aromatic carbocycles. The van der Waals surface area contributed by atoms with Gasteiger partial charge < -0.3 is 9.84 Å². The molecule has 6 heteroatoms. The highest BCUT2D eigenvalue weighted by molar-refractivity contribution is 9.10. The molecular formula is C8H8BrF2NO2. The van der Waals surface area contributed by atoms with Crippen molar-refractivity contribution in [2.75, 3.05) is 7.11 Å². The van der Waals surface area contributed by atoms with Gasteiger partial charge in [0, 0.05) is 6.07 Å². The second kappa shape index (κ2) is 4.65. The molecule has 1 heterocycles. The molecule has 0 aliphatic carbocycles. The molecule has 1 N–H and O–H groups in total. The van der Waals surface area contributed by atoms with E-state index < -0.39 is 13.0 Å². The monoisotopic (exact) mass is 267 g/mol. The molecule has 14 heavy (non-hydrogen) atoms. The maximum Gasteiger partial charge on any atom is 0.269 e. The molecule has 78 valence electrons. The van der Waals surface area contributed by atoms with Crippen molar-refractivity contribution >= 4 is 15.9 Å². The van der Waals surface area contributed by atoms with Crippen LogP contribution in [-0.4, -0.2) is 17.2 Å². The van der Waals surface area contributed by atoms with Crippen LogP contribution in [0.15, 0.2) is 10.7 Å². The van der Waals surface area contributed by atoms with Gasteiger partial charge in [-0.05, 0) is 15.9 Å². The molecule has 0 atom stereocenters. The topological polar surface area (TPSA) is 42.4 Å². The largest absolute Gasteiger partial charge is 0.496 e. The van der Waals surface area contributed by atoms with Crippen molar-refractivity contribution < 1.29 is 18.6 Å². The molecule has 0 amide bonds. The van der Waals surface area contributed by atoms with Crippen molar-refractivity contribution in [2.45, 2.75) is 13.0 Å². The van der Waals surface area contributed by atoms with Gasteiger partial charge in [0.05, 0.1) is 25.0 Å². The van der Waals surface area contributed by atoms with Crippen LogP contribution in [0.4, 0.5) is 8.78 Å². The van der Waals surface area contributed by atoms with Gasteiger partial charge in [-0.1, -0.05) is 0 Å². The summed E-state index contributed by atoms with van der Waals surface area (Å²) in [5.41, 5.74) is -0.440. The highest BCUT2D eigenvalue weighted by Gasteiger charge is 2.20. The van der Waals surface area contributed by atoms with E-state index in [1.54, 1.807) is 0 Å². The molecule has 0 saturated carbocycles. The van der Waals surface area contributed by atoms with Crippen LogP contribution in [0.25, 0.3) is 0 Å². The van der Waals surface area contributed by atoms with E-state index in [4.69, 9.17) is 9.84 Å². The molecule has 0 unspecified atom stereocenters. The van der Waals surface area contributed by atoms with Crippen molar-refractivity contribution in [1.29, 1.82) is 0 Å². The lowest BCUT2D eigenvalue weighted by Gasteiger charge is -2.11. The van der Waals surface area contributed by atoms with Gasteiger partial charge in [0.2, 0.25) is 0 Å². The summed E-state index contributed by atoms with van der Waals surface area (Å²) in [6, 6.07) is 1.33. The molecule has 0 radical (unpaired) electrons. The zero-order chi connectivity index (χ0) is 10.7. The molecule has 1 rings (SSSR count). The Morgan fingerprint density at radius 1 is 1.64 bits per heavy atom. The lowest BCUT2D eigenvalue weighted by atomic mass is 10.2. The fourth-order valence-electron chi connectivity index (χ4n) is 1.07. The SMILES string of the molecule is COc1cc(Br)nc(CO)c1C(F)F. The first-order valence-corrected chi connectivity index (χ1v) is 4.51. The highest BCUT2D eigenvalue weighted by Crippen LogP contribution is 2.33. The van der Waals surface area contributed by atoms with E-state index in [-0.39, 0.29) is 17.0 Å². The predicted octanol–water partition coefficient (Wildman–Crippen LogP) is 2.28. The zero-order valence-electron chi connectivity index (χ0n) is 7.30. The Morgan fingerprint density at radius 2 is 2.29 bits per heavy atom. The minimum Gasteiger partial charge on any atom is -0.496 e. The summed E-state index contributed by atoms with van der Waals surface area (Å²) in [5, 5.41) is 8.84. The number of aliphatic hydroxyl groups excluding tert-OH is 1. The molecule has 1 aromatic rings. The Hall–Kier alpha value is -0.750. The normalized spacial score (nSPS) is 10.7. The number of methoxy groups -OCH3 is 1. The van der Waals surface area contributed by atoms with E-state index in [1.807, 2.05) is 0 Å². The summed E-state index contributed by atoms with van der Waals surface area (Å²) >= 11 is 3.03. The Bertz CT molecular complexity index is 308. The van der Waals surface area contributed by atoms with E-state index in [0.29, 0.717) is 4.60 Å². The van der Waals surface area contributed by atoms with Crippen molar-refractivity contribution in [2.24, 2.45) is 0 Å². The Kier molecular flexibility index (Phi) is 3.77. The molecule has 3 nitrogen and oxygen atoms in total. The van der Waals surface area contributed by atoms with Gasteiger partial charge in [0.1, 0.15) is 10.4 Å². The first kappa shape index (κ1) is 11.3. The summed E-state index contributed by atoms with van der Waals surface area (Å²) < 4.78 is 30.2. The van der Waals surface area contributed by atoms with E-state index in [9.17, 15) is 8.78 Å². The van der Waals surface area contributed by atoms with Gasteiger partial charge >= 0.3 is 0 Å². The lowest BCUT2D eigenvalue weighted by Crippen LogP contribution is -2.02. The summed E-state index contributed by atoms with van der Waals surface area (Å²) in [6.45, 7) is -0.546. The van der Waals surface area contributed by atoms with E-state index in [0.717, 1.165) is 0 Å². The number of halogens is 3. The van der Waals surface area contributed by atoms with Gasteiger partial charge in [0.15, 0.2) is 0 Å². The number of hydrogen-bond acceptors (Lipinski definition) is 3. The van der Waals surface area contributed by atoms with Crippen molar-refractivity contribution in [3.63, 3.8) is 0 Å². The van der Waals surface area contributed by atoms with Crippen molar-refractivity contribution in [1.82, 2.24) is 4.98 Å². The second-order valence-corrected chi connectivity index (χ2v) is 3.28. The number of ether oxygens (including phenoxy) is 1. The molecular weight excluding hydrogens is 260 g/mol. The van der Waals surface area contributed by atoms with Crippen molar-refractivity contribution in [3.8, 4) is 5.75 Å².